The largest absolute Gasteiger partial charge is 0.340 e. The molecule has 2 aromatic heterocycles. The smallest absolute Gasteiger partial charge is 0.257 e. The van der Waals surface area contributed by atoms with Gasteiger partial charge < -0.3 is 9.80 Å². The lowest BCUT2D eigenvalue weighted by molar-refractivity contribution is -0.141. The van der Waals surface area contributed by atoms with Crippen LogP contribution in [0.4, 0.5) is 0 Å². The molecule has 26 heavy (non-hydrogen) atoms. The average molecular weight is 355 g/mol. The summed E-state index contributed by atoms with van der Waals surface area (Å²) in [5.41, 5.74) is 1.21. The number of aromatic nitrogens is 3. The molecule has 4 rings (SSSR count). The maximum absolute atomic E-state index is 13.2. The number of hydrogen-bond acceptors (Lipinski definition) is 4. The van der Waals surface area contributed by atoms with E-state index in [1.807, 2.05) is 28.1 Å². The van der Waals surface area contributed by atoms with E-state index in [1.165, 1.54) is 0 Å². The van der Waals surface area contributed by atoms with Gasteiger partial charge in [-0.05, 0) is 45.2 Å². The molecule has 1 spiro atoms. The fraction of sp³-hybridized carbons (Fsp3) is 0.579. The predicted octanol–water partition coefficient (Wildman–Crippen LogP) is 1.98. The third-order valence-electron chi connectivity index (χ3n) is 5.82. The molecular weight excluding hydrogens is 330 g/mol. The standard InChI is InChI=1S/C19H25N5O2/c1-14(2)24-12-19(8-6-16(24)25)7-4-10-22(11-19)18(26)15-5-3-9-23-13-20-21-17(15)23/h3,5,9,13-14H,4,6-8,10-12H2,1-2H3/t19-/m1/s1. The summed E-state index contributed by atoms with van der Waals surface area (Å²) < 4.78 is 1.77. The fourth-order valence-corrected chi connectivity index (χ4v) is 4.42. The van der Waals surface area contributed by atoms with Crippen molar-refractivity contribution in [1.82, 2.24) is 24.4 Å². The first kappa shape index (κ1) is 17.0. The predicted molar refractivity (Wildman–Crippen MR) is 96.6 cm³/mol. The Bertz CT molecular complexity index is 845. The number of amides is 2. The molecule has 2 aliphatic heterocycles. The second-order valence-corrected chi connectivity index (χ2v) is 7.93. The van der Waals surface area contributed by atoms with Crippen LogP contribution in [0.1, 0.15) is 49.9 Å². The second-order valence-electron chi connectivity index (χ2n) is 7.93. The molecule has 0 aromatic carbocycles. The summed E-state index contributed by atoms with van der Waals surface area (Å²) in [4.78, 5) is 29.4. The molecule has 2 amide bonds. The second kappa shape index (κ2) is 6.37. The number of likely N-dealkylation sites (tertiary alicyclic amines) is 2. The number of rotatable bonds is 2. The van der Waals surface area contributed by atoms with Crippen LogP contribution in [-0.4, -0.2) is 61.9 Å². The van der Waals surface area contributed by atoms with Crippen LogP contribution in [0.25, 0.3) is 5.65 Å². The summed E-state index contributed by atoms with van der Waals surface area (Å²) in [5, 5.41) is 8.00. The molecule has 0 unspecified atom stereocenters. The molecule has 2 aromatic rings. The zero-order chi connectivity index (χ0) is 18.3. The van der Waals surface area contributed by atoms with Gasteiger partial charge in [0.15, 0.2) is 5.65 Å². The third kappa shape index (κ3) is 2.85. The van der Waals surface area contributed by atoms with E-state index >= 15 is 0 Å². The van der Waals surface area contributed by atoms with E-state index < -0.39 is 0 Å². The molecule has 7 nitrogen and oxygen atoms in total. The van der Waals surface area contributed by atoms with Gasteiger partial charge in [-0.2, -0.15) is 0 Å². The van der Waals surface area contributed by atoms with Crippen molar-refractivity contribution in [3.8, 4) is 0 Å². The highest BCUT2D eigenvalue weighted by Gasteiger charge is 2.43. The summed E-state index contributed by atoms with van der Waals surface area (Å²) >= 11 is 0. The molecule has 0 aliphatic carbocycles. The van der Waals surface area contributed by atoms with Crippen LogP contribution in [0, 0.1) is 5.41 Å². The average Bonchev–Trinajstić information content (AvgIpc) is 3.12. The molecule has 0 N–H and O–H groups in total. The molecule has 0 saturated carbocycles. The molecule has 2 fully saturated rings. The van der Waals surface area contributed by atoms with Crippen LogP contribution in [0.15, 0.2) is 24.7 Å². The lowest BCUT2D eigenvalue weighted by atomic mass is 9.73. The number of carbonyl (C=O) groups is 2. The Morgan fingerprint density at radius 2 is 2.12 bits per heavy atom. The quantitative estimate of drug-likeness (QED) is 0.826. The number of pyridine rings is 1. The van der Waals surface area contributed by atoms with Crippen molar-refractivity contribution in [2.75, 3.05) is 19.6 Å². The molecule has 7 heteroatoms. The first-order chi connectivity index (χ1) is 12.5. The van der Waals surface area contributed by atoms with Crippen LogP contribution in [0.5, 0.6) is 0 Å². The van der Waals surface area contributed by atoms with Crippen molar-refractivity contribution < 1.29 is 9.59 Å². The molecular formula is C19H25N5O2. The van der Waals surface area contributed by atoms with Gasteiger partial charge >= 0.3 is 0 Å². The van der Waals surface area contributed by atoms with E-state index in [-0.39, 0.29) is 23.3 Å². The lowest BCUT2D eigenvalue weighted by Gasteiger charge is -2.49. The first-order valence-corrected chi connectivity index (χ1v) is 9.36. The van der Waals surface area contributed by atoms with Gasteiger partial charge in [-0.3, -0.25) is 14.0 Å². The highest BCUT2D eigenvalue weighted by atomic mass is 16.2. The maximum Gasteiger partial charge on any atom is 0.257 e. The summed E-state index contributed by atoms with van der Waals surface area (Å²) in [5.74, 6) is 0.248. The number of piperidine rings is 2. The Labute approximate surface area is 153 Å². The highest BCUT2D eigenvalue weighted by Crippen LogP contribution is 2.39. The Morgan fingerprint density at radius 1 is 1.27 bits per heavy atom. The van der Waals surface area contributed by atoms with E-state index in [9.17, 15) is 9.59 Å². The van der Waals surface area contributed by atoms with Gasteiger partial charge in [-0.1, -0.05) is 0 Å². The van der Waals surface area contributed by atoms with Crippen LogP contribution in [0.2, 0.25) is 0 Å². The van der Waals surface area contributed by atoms with Gasteiger partial charge in [0.25, 0.3) is 5.91 Å². The van der Waals surface area contributed by atoms with Gasteiger partial charge in [0.05, 0.1) is 5.56 Å². The van der Waals surface area contributed by atoms with Crippen molar-refractivity contribution in [2.24, 2.45) is 5.41 Å². The van der Waals surface area contributed by atoms with Crippen LogP contribution in [-0.2, 0) is 4.79 Å². The van der Waals surface area contributed by atoms with Gasteiger partial charge in [-0.15, -0.1) is 10.2 Å². The van der Waals surface area contributed by atoms with Crippen molar-refractivity contribution >= 4 is 17.5 Å². The van der Waals surface area contributed by atoms with Gasteiger partial charge in [0.1, 0.15) is 6.33 Å². The summed E-state index contributed by atoms with van der Waals surface area (Å²) in [6.07, 6.45) is 6.95. The minimum Gasteiger partial charge on any atom is -0.340 e. The molecule has 0 radical (unpaired) electrons. The monoisotopic (exact) mass is 355 g/mol. The molecule has 138 valence electrons. The van der Waals surface area contributed by atoms with E-state index in [2.05, 4.69) is 24.0 Å². The molecule has 0 bridgehead atoms. The summed E-state index contributed by atoms with van der Waals surface area (Å²) in [7, 11) is 0. The minimum absolute atomic E-state index is 0.00988. The summed E-state index contributed by atoms with van der Waals surface area (Å²) in [6, 6.07) is 3.87. The van der Waals surface area contributed by atoms with E-state index in [0.717, 1.165) is 32.4 Å². The normalized spacial score (nSPS) is 24.0. The molecule has 4 heterocycles. The van der Waals surface area contributed by atoms with Crippen molar-refractivity contribution in [3.63, 3.8) is 0 Å². The maximum atomic E-state index is 13.2. The number of nitrogens with zero attached hydrogens (tertiary/aromatic N) is 5. The van der Waals surface area contributed by atoms with Gasteiger partial charge in [-0.25, -0.2) is 0 Å². The zero-order valence-electron chi connectivity index (χ0n) is 15.4. The van der Waals surface area contributed by atoms with Gasteiger partial charge in [0, 0.05) is 43.7 Å². The first-order valence-electron chi connectivity index (χ1n) is 9.36. The number of hydrogen-bond donors (Lipinski definition) is 0. The SMILES string of the molecule is CC(C)N1C[C@]2(CCCN(C(=O)c3cccn4cnnc34)C2)CCC1=O. The van der Waals surface area contributed by atoms with Crippen molar-refractivity contribution in [1.29, 1.82) is 0 Å². The van der Waals surface area contributed by atoms with Crippen LogP contribution >= 0.6 is 0 Å². The van der Waals surface area contributed by atoms with E-state index in [4.69, 9.17) is 0 Å². The lowest BCUT2D eigenvalue weighted by Crippen LogP contribution is -2.56. The van der Waals surface area contributed by atoms with E-state index in [1.54, 1.807) is 10.7 Å². The third-order valence-corrected chi connectivity index (χ3v) is 5.82. The Balaban J connectivity index is 1.58. The topological polar surface area (TPSA) is 70.8 Å². The molecule has 1 atom stereocenters. The number of carbonyl (C=O) groups excluding carboxylic acids is 2. The molecule has 2 saturated heterocycles. The van der Waals surface area contributed by atoms with Crippen molar-refractivity contribution in [3.05, 3.63) is 30.2 Å². The van der Waals surface area contributed by atoms with Crippen LogP contribution < -0.4 is 0 Å². The fourth-order valence-electron chi connectivity index (χ4n) is 4.42. The van der Waals surface area contributed by atoms with E-state index in [0.29, 0.717) is 24.2 Å². The van der Waals surface area contributed by atoms with Gasteiger partial charge in [0.2, 0.25) is 5.91 Å². The minimum atomic E-state index is 0.00988. The Hall–Kier alpha value is -2.44. The highest BCUT2D eigenvalue weighted by molar-refractivity contribution is 5.99. The Kier molecular flexibility index (Phi) is 4.17. The van der Waals surface area contributed by atoms with Crippen molar-refractivity contribution in [2.45, 2.75) is 45.6 Å². The molecule has 2 aliphatic rings. The Morgan fingerprint density at radius 3 is 2.92 bits per heavy atom. The summed E-state index contributed by atoms with van der Waals surface area (Å²) in [6.45, 7) is 6.34. The zero-order valence-corrected chi connectivity index (χ0v) is 15.4. The van der Waals surface area contributed by atoms with Crippen LogP contribution in [0.3, 0.4) is 0 Å². The number of fused-ring (bicyclic) bond motifs is 1.